The van der Waals surface area contributed by atoms with E-state index in [-0.39, 0.29) is 24.7 Å². The summed E-state index contributed by atoms with van der Waals surface area (Å²) in [4.78, 5) is 30.8. The Hall–Kier alpha value is -3.77. The highest BCUT2D eigenvalue weighted by molar-refractivity contribution is 6.31. The van der Waals surface area contributed by atoms with Gasteiger partial charge < -0.3 is 19.9 Å². The van der Waals surface area contributed by atoms with Gasteiger partial charge in [-0.15, -0.1) is 0 Å². The van der Waals surface area contributed by atoms with Crippen LogP contribution in [-0.2, 0) is 13.1 Å². The molecule has 1 aromatic heterocycles. The molecule has 1 heterocycles. The van der Waals surface area contributed by atoms with Crippen LogP contribution in [0.5, 0.6) is 5.75 Å². The van der Waals surface area contributed by atoms with E-state index in [1.54, 1.807) is 42.3 Å². The molecule has 0 saturated heterocycles. The molecule has 174 valence electrons. The van der Waals surface area contributed by atoms with Crippen LogP contribution in [0.15, 0.2) is 71.5 Å². The van der Waals surface area contributed by atoms with E-state index in [1.807, 2.05) is 50.2 Å². The zero-order valence-corrected chi connectivity index (χ0v) is 20.1. The van der Waals surface area contributed by atoms with Gasteiger partial charge in [0.15, 0.2) is 0 Å². The van der Waals surface area contributed by atoms with Crippen LogP contribution < -0.4 is 15.6 Å². The zero-order chi connectivity index (χ0) is 24.2. The lowest BCUT2D eigenvalue weighted by Crippen LogP contribution is -2.35. The summed E-state index contributed by atoms with van der Waals surface area (Å²) in [5, 5.41) is 4.43. The van der Waals surface area contributed by atoms with Crippen LogP contribution in [0.1, 0.15) is 22.3 Å². The number of hydrogen-bond acceptors (Lipinski definition) is 3. The average molecular weight is 476 g/mol. The fraction of sp³-hybridized carbons (Fsp3) is 0.185. The minimum absolute atomic E-state index is 0.117. The Morgan fingerprint density at radius 2 is 1.65 bits per heavy atom. The number of aryl methyl sites for hydroxylation is 2. The largest absolute Gasteiger partial charge is 0.497 e. The van der Waals surface area contributed by atoms with Crippen molar-refractivity contribution in [3.8, 4) is 5.75 Å². The van der Waals surface area contributed by atoms with E-state index in [2.05, 4.69) is 10.3 Å². The smallest absolute Gasteiger partial charge is 0.322 e. The molecule has 4 rings (SSSR count). The van der Waals surface area contributed by atoms with E-state index in [0.29, 0.717) is 22.0 Å². The second kappa shape index (κ2) is 10.0. The first-order chi connectivity index (χ1) is 16.4. The molecule has 34 heavy (non-hydrogen) atoms. The van der Waals surface area contributed by atoms with Crippen molar-refractivity contribution in [2.45, 2.75) is 26.9 Å². The Morgan fingerprint density at radius 1 is 0.971 bits per heavy atom. The number of hydrogen-bond donors (Lipinski definition) is 2. The van der Waals surface area contributed by atoms with Gasteiger partial charge in [0.2, 0.25) is 0 Å². The number of pyridine rings is 1. The normalized spacial score (nSPS) is 10.8. The molecule has 2 amide bonds. The van der Waals surface area contributed by atoms with Crippen molar-refractivity contribution in [3.63, 3.8) is 0 Å². The molecule has 0 radical (unpaired) electrons. The molecule has 3 aromatic carbocycles. The summed E-state index contributed by atoms with van der Waals surface area (Å²) >= 11 is 6.38. The van der Waals surface area contributed by atoms with E-state index >= 15 is 0 Å². The van der Waals surface area contributed by atoms with Crippen molar-refractivity contribution in [3.05, 3.63) is 104 Å². The van der Waals surface area contributed by atoms with Gasteiger partial charge in [0, 0.05) is 28.2 Å². The number of amides is 2. The minimum atomic E-state index is -0.342. The number of halogens is 1. The van der Waals surface area contributed by atoms with Crippen molar-refractivity contribution in [2.75, 3.05) is 12.4 Å². The molecule has 0 unspecified atom stereocenters. The van der Waals surface area contributed by atoms with Crippen molar-refractivity contribution in [2.24, 2.45) is 0 Å². The van der Waals surface area contributed by atoms with Crippen molar-refractivity contribution >= 4 is 34.2 Å². The van der Waals surface area contributed by atoms with Crippen LogP contribution in [0.2, 0.25) is 5.02 Å². The number of fused-ring (bicyclic) bond motifs is 1. The zero-order valence-electron chi connectivity index (χ0n) is 19.3. The summed E-state index contributed by atoms with van der Waals surface area (Å²) in [6.07, 6.45) is 0. The van der Waals surface area contributed by atoms with E-state index < -0.39 is 0 Å². The Balaban J connectivity index is 1.68. The number of carbonyl (C=O) groups excluding carboxylic acids is 1. The number of H-pyrrole nitrogens is 1. The van der Waals surface area contributed by atoms with Crippen LogP contribution in [0.25, 0.3) is 10.9 Å². The third kappa shape index (κ3) is 5.07. The maximum atomic E-state index is 13.3. The highest BCUT2D eigenvalue weighted by Crippen LogP contribution is 2.23. The first-order valence-corrected chi connectivity index (χ1v) is 11.3. The molecule has 6 nitrogen and oxygen atoms in total. The molecule has 7 heteroatoms. The van der Waals surface area contributed by atoms with Gasteiger partial charge in [-0.05, 0) is 66.9 Å². The maximum Gasteiger partial charge on any atom is 0.322 e. The van der Waals surface area contributed by atoms with Crippen molar-refractivity contribution in [1.82, 2.24) is 9.88 Å². The lowest BCUT2D eigenvalue weighted by molar-refractivity contribution is 0.206. The third-order valence-corrected chi connectivity index (χ3v) is 6.20. The molecule has 0 saturated carbocycles. The highest BCUT2D eigenvalue weighted by Gasteiger charge is 2.19. The Labute approximate surface area is 203 Å². The molecule has 0 aliphatic heterocycles. The van der Waals surface area contributed by atoms with Crippen molar-refractivity contribution in [1.29, 1.82) is 0 Å². The number of aromatic nitrogens is 1. The van der Waals surface area contributed by atoms with Gasteiger partial charge in [0.25, 0.3) is 5.56 Å². The number of nitrogens with one attached hydrogen (secondary N) is 2. The SMILES string of the molecule is COc1ccc(NC(=O)N(Cc2ccccc2Cl)Cc2cc3c(C)ccc(C)c3[nH]c2=O)cc1. The van der Waals surface area contributed by atoms with Crippen LogP contribution in [0.3, 0.4) is 0 Å². The molecular weight excluding hydrogens is 450 g/mol. The van der Waals surface area contributed by atoms with E-state index in [9.17, 15) is 9.59 Å². The van der Waals surface area contributed by atoms with Crippen LogP contribution in [-0.4, -0.2) is 23.0 Å². The van der Waals surface area contributed by atoms with Crippen LogP contribution in [0, 0.1) is 13.8 Å². The lowest BCUT2D eigenvalue weighted by Gasteiger charge is -2.24. The standard InChI is InChI=1S/C27H26ClN3O3/c1-17-8-9-18(2)25-23(17)14-20(26(32)30-25)16-31(15-19-6-4-5-7-24(19)28)27(33)29-21-10-12-22(34-3)13-11-21/h4-14H,15-16H2,1-3H3,(H,29,33)(H,30,32). The van der Waals surface area contributed by atoms with Gasteiger partial charge in [-0.25, -0.2) is 4.79 Å². The monoisotopic (exact) mass is 475 g/mol. The van der Waals surface area contributed by atoms with Gasteiger partial charge in [-0.3, -0.25) is 4.79 Å². The third-order valence-electron chi connectivity index (χ3n) is 5.83. The van der Waals surface area contributed by atoms with Crippen molar-refractivity contribution < 1.29 is 9.53 Å². The first-order valence-electron chi connectivity index (χ1n) is 10.9. The van der Waals surface area contributed by atoms with E-state index in [1.165, 1.54) is 0 Å². The number of nitrogens with zero attached hydrogens (tertiary/aromatic N) is 1. The van der Waals surface area contributed by atoms with Gasteiger partial charge >= 0.3 is 6.03 Å². The number of anilines is 1. The van der Waals surface area contributed by atoms with Crippen LogP contribution >= 0.6 is 11.6 Å². The molecule has 0 aliphatic rings. The Bertz CT molecular complexity index is 1400. The number of carbonyl (C=O) groups is 1. The minimum Gasteiger partial charge on any atom is -0.497 e. The maximum absolute atomic E-state index is 13.3. The molecule has 0 bridgehead atoms. The summed E-state index contributed by atoms with van der Waals surface area (Å²) in [5.41, 5.74) is 4.55. The summed E-state index contributed by atoms with van der Waals surface area (Å²) in [6.45, 7) is 4.32. The number of rotatable bonds is 6. The molecule has 0 aliphatic carbocycles. The molecular formula is C27H26ClN3O3. The molecule has 4 aromatic rings. The average Bonchev–Trinajstić information content (AvgIpc) is 2.83. The number of benzene rings is 3. The Kier molecular flexibility index (Phi) is 6.89. The molecule has 2 N–H and O–H groups in total. The summed E-state index contributed by atoms with van der Waals surface area (Å²) in [7, 11) is 1.59. The van der Waals surface area contributed by atoms with Crippen LogP contribution in [0.4, 0.5) is 10.5 Å². The summed E-state index contributed by atoms with van der Waals surface area (Å²) in [6, 6.07) is 20.0. The van der Waals surface area contributed by atoms with Gasteiger partial charge in [-0.2, -0.15) is 0 Å². The second-order valence-corrected chi connectivity index (χ2v) is 8.63. The summed E-state index contributed by atoms with van der Waals surface area (Å²) < 4.78 is 5.18. The number of aromatic amines is 1. The predicted molar refractivity (Wildman–Crippen MR) is 137 cm³/mol. The van der Waals surface area contributed by atoms with Gasteiger partial charge in [0.1, 0.15) is 5.75 Å². The molecule has 0 atom stereocenters. The first kappa shape index (κ1) is 23.4. The van der Waals surface area contributed by atoms with Gasteiger partial charge in [-0.1, -0.05) is 41.9 Å². The fourth-order valence-corrected chi connectivity index (χ4v) is 4.05. The number of urea groups is 1. The fourth-order valence-electron chi connectivity index (χ4n) is 3.85. The molecule has 0 fully saturated rings. The van der Waals surface area contributed by atoms with E-state index in [0.717, 1.165) is 27.6 Å². The number of methoxy groups -OCH3 is 1. The van der Waals surface area contributed by atoms with E-state index in [4.69, 9.17) is 16.3 Å². The van der Waals surface area contributed by atoms with Gasteiger partial charge in [0.05, 0.1) is 19.2 Å². The highest BCUT2D eigenvalue weighted by atomic mass is 35.5. The predicted octanol–water partition coefficient (Wildman–Crippen LogP) is 6.04. The lowest BCUT2D eigenvalue weighted by atomic mass is 10.0. The quantitative estimate of drug-likeness (QED) is 0.357. The second-order valence-electron chi connectivity index (χ2n) is 8.22. The summed E-state index contributed by atoms with van der Waals surface area (Å²) in [5.74, 6) is 0.694. The Morgan fingerprint density at radius 3 is 2.35 bits per heavy atom. The molecule has 0 spiro atoms. The number of ether oxygens (including phenoxy) is 1. The topological polar surface area (TPSA) is 74.4 Å².